The van der Waals surface area contributed by atoms with Crippen molar-refractivity contribution in [3.8, 4) is 0 Å². The van der Waals surface area contributed by atoms with Crippen LogP contribution in [-0.4, -0.2) is 47.0 Å². The SMILES string of the molecule is CCCCNC(=O)C(c1cccc(C)c1)N(C(=O)C(NC(=O)OC(C)(C)C)C(C)CC)C1CC1C. The lowest BCUT2D eigenvalue weighted by Gasteiger charge is -2.36. The molecule has 0 saturated heterocycles. The number of carbonyl (C=O) groups excluding carboxylic acids is 3. The topological polar surface area (TPSA) is 87.7 Å². The maximum Gasteiger partial charge on any atom is 0.408 e. The largest absolute Gasteiger partial charge is 0.444 e. The Morgan fingerprint density at radius 2 is 1.86 bits per heavy atom. The zero-order valence-electron chi connectivity index (χ0n) is 22.8. The van der Waals surface area contributed by atoms with E-state index in [1.165, 1.54) is 0 Å². The van der Waals surface area contributed by atoms with Crippen molar-refractivity contribution >= 4 is 17.9 Å². The first-order valence-electron chi connectivity index (χ1n) is 13.1. The minimum atomic E-state index is -0.793. The Morgan fingerprint density at radius 3 is 2.37 bits per heavy atom. The predicted octanol–water partition coefficient (Wildman–Crippen LogP) is 5.13. The lowest BCUT2D eigenvalue weighted by Crippen LogP contribution is -2.56. The quantitative estimate of drug-likeness (QED) is 0.424. The van der Waals surface area contributed by atoms with Gasteiger partial charge in [0.05, 0.1) is 0 Å². The van der Waals surface area contributed by atoms with E-state index in [1.807, 2.05) is 45.0 Å². The number of ether oxygens (including phenoxy) is 1. The zero-order chi connectivity index (χ0) is 26.3. The van der Waals surface area contributed by atoms with Crippen molar-refractivity contribution < 1.29 is 19.1 Å². The monoisotopic (exact) mass is 487 g/mol. The van der Waals surface area contributed by atoms with Crippen LogP contribution in [0.2, 0.25) is 0 Å². The summed E-state index contributed by atoms with van der Waals surface area (Å²) >= 11 is 0. The first-order chi connectivity index (χ1) is 16.4. The van der Waals surface area contributed by atoms with E-state index in [1.54, 1.807) is 25.7 Å². The smallest absolute Gasteiger partial charge is 0.408 e. The van der Waals surface area contributed by atoms with E-state index in [0.29, 0.717) is 13.0 Å². The average Bonchev–Trinajstić information content (AvgIpc) is 3.49. The van der Waals surface area contributed by atoms with Gasteiger partial charge < -0.3 is 20.3 Å². The second-order valence-electron chi connectivity index (χ2n) is 11.0. The van der Waals surface area contributed by atoms with Gasteiger partial charge in [-0.25, -0.2) is 4.79 Å². The third-order valence-corrected chi connectivity index (χ3v) is 6.54. The number of nitrogens with zero attached hydrogens (tertiary/aromatic N) is 1. The zero-order valence-corrected chi connectivity index (χ0v) is 22.8. The molecule has 2 rings (SSSR count). The summed E-state index contributed by atoms with van der Waals surface area (Å²) in [5.41, 5.74) is 1.13. The number of nitrogens with one attached hydrogen (secondary N) is 2. The molecule has 0 radical (unpaired) electrons. The number of carbonyl (C=O) groups is 3. The summed E-state index contributed by atoms with van der Waals surface area (Å²) in [7, 11) is 0. The van der Waals surface area contributed by atoms with Crippen LogP contribution in [0.15, 0.2) is 24.3 Å². The van der Waals surface area contributed by atoms with Gasteiger partial charge in [0.25, 0.3) is 0 Å². The van der Waals surface area contributed by atoms with Crippen LogP contribution in [0.25, 0.3) is 0 Å². The van der Waals surface area contributed by atoms with E-state index < -0.39 is 23.8 Å². The second kappa shape index (κ2) is 12.4. The van der Waals surface area contributed by atoms with Crippen LogP contribution in [0.3, 0.4) is 0 Å². The molecule has 7 nitrogen and oxygen atoms in total. The third kappa shape index (κ3) is 8.25. The Bertz CT molecular complexity index is 879. The summed E-state index contributed by atoms with van der Waals surface area (Å²) in [5.74, 6) is -0.268. The number of unbranched alkanes of at least 4 members (excludes halogenated alkanes) is 1. The Morgan fingerprint density at radius 1 is 1.20 bits per heavy atom. The molecule has 0 aromatic heterocycles. The van der Waals surface area contributed by atoms with Gasteiger partial charge in [0, 0.05) is 12.6 Å². The van der Waals surface area contributed by atoms with Gasteiger partial charge in [-0.1, -0.05) is 70.4 Å². The van der Waals surface area contributed by atoms with Gasteiger partial charge in [-0.15, -0.1) is 0 Å². The molecule has 35 heavy (non-hydrogen) atoms. The van der Waals surface area contributed by atoms with Crippen molar-refractivity contribution in [3.63, 3.8) is 0 Å². The number of amides is 3. The van der Waals surface area contributed by atoms with Gasteiger partial charge in [0.2, 0.25) is 11.8 Å². The van der Waals surface area contributed by atoms with E-state index in [2.05, 4.69) is 24.5 Å². The fraction of sp³-hybridized carbons (Fsp3) is 0.679. The lowest BCUT2D eigenvalue weighted by molar-refractivity contribution is -0.144. The number of aryl methyl sites for hydroxylation is 1. The molecule has 0 aliphatic heterocycles. The van der Waals surface area contributed by atoms with Crippen LogP contribution in [0.4, 0.5) is 4.79 Å². The molecule has 0 bridgehead atoms. The van der Waals surface area contributed by atoms with Gasteiger partial charge >= 0.3 is 6.09 Å². The first kappa shape index (κ1) is 28.7. The van der Waals surface area contributed by atoms with Crippen molar-refractivity contribution in [3.05, 3.63) is 35.4 Å². The van der Waals surface area contributed by atoms with Crippen molar-refractivity contribution in [2.75, 3.05) is 6.54 Å². The maximum absolute atomic E-state index is 14.2. The minimum absolute atomic E-state index is 0.0584. The van der Waals surface area contributed by atoms with Gasteiger partial charge in [0.1, 0.15) is 17.7 Å². The molecule has 5 unspecified atom stereocenters. The Labute approximate surface area is 211 Å². The molecule has 1 aromatic carbocycles. The Hall–Kier alpha value is -2.57. The highest BCUT2D eigenvalue weighted by Gasteiger charge is 2.48. The molecule has 3 amide bonds. The third-order valence-electron chi connectivity index (χ3n) is 6.54. The van der Waals surface area contributed by atoms with Crippen molar-refractivity contribution in [1.29, 1.82) is 0 Å². The Kier molecular flexibility index (Phi) is 10.2. The lowest BCUT2D eigenvalue weighted by atomic mass is 9.95. The molecule has 1 aromatic rings. The molecule has 2 N–H and O–H groups in total. The molecule has 5 atom stereocenters. The summed E-state index contributed by atoms with van der Waals surface area (Å²) in [6.45, 7) is 16.0. The molecular formula is C28H45N3O4. The molecule has 0 spiro atoms. The van der Waals surface area contributed by atoms with Crippen molar-refractivity contribution in [1.82, 2.24) is 15.5 Å². The van der Waals surface area contributed by atoms with Crippen LogP contribution in [0.5, 0.6) is 0 Å². The van der Waals surface area contributed by atoms with E-state index in [9.17, 15) is 14.4 Å². The molecule has 7 heteroatoms. The van der Waals surface area contributed by atoms with E-state index in [0.717, 1.165) is 30.4 Å². The van der Waals surface area contributed by atoms with Gasteiger partial charge in [-0.3, -0.25) is 9.59 Å². The fourth-order valence-electron chi connectivity index (χ4n) is 4.21. The highest BCUT2D eigenvalue weighted by molar-refractivity contribution is 5.92. The number of alkyl carbamates (subject to hydrolysis) is 1. The van der Waals surface area contributed by atoms with Crippen LogP contribution in [-0.2, 0) is 14.3 Å². The maximum atomic E-state index is 14.2. The summed E-state index contributed by atoms with van der Waals surface area (Å²) in [5, 5.41) is 5.87. The fourth-order valence-corrected chi connectivity index (χ4v) is 4.21. The van der Waals surface area contributed by atoms with Crippen molar-refractivity contribution in [2.45, 2.75) is 105 Å². The van der Waals surface area contributed by atoms with Crippen molar-refractivity contribution in [2.24, 2.45) is 11.8 Å². The highest BCUT2D eigenvalue weighted by atomic mass is 16.6. The average molecular weight is 488 g/mol. The molecule has 1 fully saturated rings. The Balaban J connectivity index is 2.47. The number of hydrogen-bond acceptors (Lipinski definition) is 4. The van der Waals surface area contributed by atoms with Crippen LogP contribution in [0, 0.1) is 18.8 Å². The molecule has 1 aliphatic carbocycles. The molecule has 1 saturated carbocycles. The number of rotatable bonds is 11. The van der Waals surface area contributed by atoms with E-state index >= 15 is 0 Å². The molecule has 196 valence electrons. The van der Waals surface area contributed by atoms with Gasteiger partial charge in [0.15, 0.2) is 0 Å². The second-order valence-corrected chi connectivity index (χ2v) is 11.0. The van der Waals surface area contributed by atoms with Crippen LogP contribution in [0.1, 0.15) is 91.3 Å². The van der Waals surface area contributed by atoms with Gasteiger partial charge in [-0.2, -0.15) is 0 Å². The number of benzene rings is 1. The first-order valence-corrected chi connectivity index (χ1v) is 13.1. The molecular weight excluding hydrogens is 442 g/mol. The molecule has 1 aliphatic rings. The molecule has 0 heterocycles. The standard InChI is InChI=1S/C28H45N3O4/c1-9-11-15-29-25(32)24(21-14-12-13-18(3)16-21)31(22-17-20(22)5)26(33)23(19(4)10-2)30-27(34)35-28(6,7)8/h12-14,16,19-20,22-24H,9-11,15,17H2,1-8H3,(H,29,32)(H,30,34). The highest BCUT2D eigenvalue weighted by Crippen LogP contribution is 2.41. The summed E-state index contributed by atoms with van der Waals surface area (Å²) in [6.07, 6.45) is 2.73. The predicted molar refractivity (Wildman–Crippen MR) is 139 cm³/mol. The van der Waals surface area contributed by atoms with E-state index in [-0.39, 0.29) is 29.7 Å². The van der Waals surface area contributed by atoms with Crippen LogP contribution < -0.4 is 10.6 Å². The summed E-state index contributed by atoms with van der Waals surface area (Å²) < 4.78 is 5.46. The number of hydrogen-bond donors (Lipinski definition) is 2. The minimum Gasteiger partial charge on any atom is -0.444 e. The van der Waals surface area contributed by atoms with E-state index in [4.69, 9.17) is 4.74 Å². The van der Waals surface area contributed by atoms with Gasteiger partial charge in [-0.05, 0) is 57.9 Å². The normalized spacial score (nSPS) is 19.8. The summed E-state index contributed by atoms with van der Waals surface area (Å²) in [6, 6.07) is 6.16. The van der Waals surface area contributed by atoms with Crippen LogP contribution >= 0.6 is 0 Å². The summed E-state index contributed by atoms with van der Waals surface area (Å²) in [4.78, 5) is 42.2.